The Morgan fingerprint density at radius 3 is 2.71 bits per heavy atom. The second-order valence-electron chi connectivity index (χ2n) is 9.53. The average molecular weight is 460 g/mol. The normalized spacial score (nSPS) is 18.4. The third kappa shape index (κ3) is 5.40. The molecule has 1 aliphatic carbocycles. The van der Waals surface area contributed by atoms with Crippen molar-refractivity contribution < 1.29 is 14.3 Å². The summed E-state index contributed by atoms with van der Waals surface area (Å²) in [7, 11) is 0. The third-order valence-corrected chi connectivity index (χ3v) is 6.99. The lowest BCUT2D eigenvalue weighted by atomic mass is 10.1. The van der Waals surface area contributed by atoms with Gasteiger partial charge in [-0.1, -0.05) is 18.9 Å². The predicted octanol–water partition coefficient (Wildman–Crippen LogP) is 5.24. The van der Waals surface area contributed by atoms with E-state index in [2.05, 4.69) is 16.7 Å². The van der Waals surface area contributed by atoms with Gasteiger partial charge in [0.15, 0.2) is 0 Å². The molecule has 2 fully saturated rings. The molecule has 1 unspecified atom stereocenters. The van der Waals surface area contributed by atoms with Gasteiger partial charge in [-0.3, -0.25) is 9.78 Å². The molecule has 1 amide bonds. The van der Waals surface area contributed by atoms with Crippen LogP contribution in [0.5, 0.6) is 5.75 Å². The van der Waals surface area contributed by atoms with Crippen LogP contribution in [0.3, 0.4) is 0 Å². The van der Waals surface area contributed by atoms with Gasteiger partial charge in [-0.05, 0) is 73.7 Å². The minimum absolute atomic E-state index is 0.143. The van der Waals surface area contributed by atoms with Crippen LogP contribution < -0.4 is 15.4 Å². The summed E-state index contributed by atoms with van der Waals surface area (Å²) in [5.74, 6) is 1.08. The number of hydrogen-bond donors (Lipinski definition) is 2. The first kappa shape index (κ1) is 22.8. The summed E-state index contributed by atoms with van der Waals surface area (Å²) < 4.78 is 11.2. The molecule has 178 valence electrons. The van der Waals surface area contributed by atoms with Gasteiger partial charge in [0, 0.05) is 47.9 Å². The van der Waals surface area contributed by atoms with E-state index < -0.39 is 0 Å². The van der Waals surface area contributed by atoms with Crippen LogP contribution in [0.1, 0.15) is 53.6 Å². The fourth-order valence-electron chi connectivity index (χ4n) is 4.84. The van der Waals surface area contributed by atoms with E-state index in [1.54, 1.807) is 12.1 Å². The molecular formula is C28H33N3O3. The van der Waals surface area contributed by atoms with Gasteiger partial charge in [0.05, 0.1) is 18.7 Å². The van der Waals surface area contributed by atoms with Crippen molar-refractivity contribution in [1.29, 1.82) is 0 Å². The first-order chi connectivity index (χ1) is 16.7. The SMILES string of the molecule is Cc1c(NC(=O)c2ccc(OCC3CCOC3)cc2)ccc2cc(CNC3CCCC3)cnc12. The molecule has 5 rings (SSSR count). The number of benzene rings is 2. The Balaban J connectivity index is 1.21. The molecule has 2 heterocycles. The monoisotopic (exact) mass is 459 g/mol. The molecule has 1 saturated heterocycles. The number of nitrogens with one attached hydrogen (secondary N) is 2. The van der Waals surface area contributed by atoms with Crippen LogP contribution in [0.4, 0.5) is 5.69 Å². The third-order valence-electron chi connectivity index (χ3n) is 6.99. The quantitative estimate of drug-likeness (QED) is 0.482. The number of fused-ring (bicyclic) bond motifs is 1. The number of pyridine rings is 1. The van der Waals surface area contributed by atoms with Gasteiger partial charge in [-0.2, -0.15) is 0 Å². The molecule has 1 aliphatic heterocycles. The molecule has 0 bridgehead atoms. The van der Waals surface area contributed by atoms with E-state index in [0.717, 1.165) is 54.1 Å². The highest BCUT2D eigenvalue weighted by atomic mass is 16.5. The first-order valence-corrected chi connectivity index (χ1v) is 12.4. The van der Waals surface area contributed by atoms with E-state index >= 15 is 0 Å². The zero-order valence-corrected chi connectivity index (χ0v) is 19.8. The maximum atomic E-state index is 12.8. The minimum Gasteiger partial charge on any atom is -0.493 e. The molecule has 2 aromatic carbocycles. The average Bonchev–Trinajstić information content (AvgIpc) is 3.58. The lowest BCUT2D eigenvalue weighted by molar-refractivity contribution is 0.102. The highest BCUT2D eigenvalue weighted by Gasteiger charge is 2.17. The Hall–Kier alpha value is -2.96. The maximum Gasteiger partial charge on any atom is 0.255 e. The number of aryl methyl sites for hydroxylation is 1. The summed E-state index contributed by atoms with van der Waals surface area (Å²) in [5, 5.41) is 7.78. The second-order valence-corrected chi connectivity index (χ2v) is 9.53. The van der Waals surface area contributed by atoms with Crippen LogP contribution in [-0.2, 0) is 11.3 Å². The topological polar surface area (TPSA) is 72.5 Å². The summed E-state index contributed by atoms with van der Waals surface area (Å²) in [6.45, 7) is 5.08. The van der Waals surface area contributed by atoms with Crippen molar-refractivity contribution in [3.63, 3.8) is 0 Å². The number of rotatable bonds is 8. The van der Waals surface area contributed by atoms with Gasteiger partial charge in [0.25, 0.3) is 5.91 Å². The second kappa shape index (κ2) is 10.5. The number of amides is 1. The van der Waals surface area contributed by atoms with Gasteiger partial charge in [-0.25, -0.2) is 0 Å². The van der Waals surface area contributed by atoms with Crippen molar-refractivity contribution in [1.82, 2.24) is 10.3 Å². The number of aromatic nitrogens is 1. The van der Waals surface area contributed by atoms with E-state index in [-0.39, 0.29) is 5.91 Å². The van der Waals surface area contributed by atoms with Crippen LogP contribution >= 0.6 is 0 Å². The molecule has 34 heavy (non-hydrogen) atoms. The number of carbonyl (C=O) groups is 1. The molecule has 1 saturated carbocycles. The highest BCUT2D eigenvalue weighted by molar-refractivity contribution is 6.06. The standard InChI is InChI=1S/C28H33N3O3/c1-19-26(11-8-23-14-21(16-30-27(19)23)15-29-24-4-2-3-5-24)31-28(32)22-6-9-25(10-7-22)34-18-20-12-13-33-17-20/h6-11,14,16,20,24,29H,2-5,12-13,15,17-18H2,1H3,(H,31,32). The van der Waals surface area contributed by atoms with Crippen molar-refractivity contribution in [3.8, 4) is 5.75 Å². The lowest BCUT2D eigenvalue weighted by Crippen LogP contribution is -2.25. The Morgan fingerprint density at radius 1 is 1.12 bits per heavy atom. The highest BCUT2D eigenvalue weighted by Crippen LogP contribution is 2.26. The molecule has 0 radical (unpaired) electrons. The number of nitrogens with zero attached hydrogens (tertiary/aromatic N) is 1. The Kier molecular flexibility index (Phi) is 7.07. The predicted molar refractivity (Wildman–Crippen MR) is 134 cm³/mol. The Bertz CT molecular complexity index is 1130. The van der Waals surface area contributed by atoms with Gasteiger partial charge in [0.1, 0.15) is 5.75 Å². The van der Waals surface area contributed by atoms with Crippen LogP contribution in [0.25, 0.3) is 10.9 Å². The summed E-state index contributed by atoms with van der Waals surface area (Å²) in [4.78, 5) is 17.6. The molecule has 3 aromatic rings. The van der Waals surface area contributed by atoms with Gasteiger partial charge in [0.2, 0.25) is 0 Å². The zero-order valence-electron chi connectivity index (χ0n) is 19.8. The van der Waals surface area contributed by atoms with Crippen LogP contribution in [0.2, 0.25) is 0 Å². The molecule has 2 aliphatic rings. The molecule has 2 N–H and O–H groups in total. The van der Waals surface area contributed by atoms with Crippen molar-refractivity contribution in [2.24, 2.45) is 5.92 Å². The van der Waals surface area contributed by atoms with Crippen LogP contribution in [0.15, 0.2) is 48.7 Å². The summed E-state index contributed by atoms with van der Waals surface area (Å²) >= 11 is 0. The maximum absolute atomic E-state index is 12.8. The molecule has 1 atom stereocenters. The smallest absolute Gasteiger partial charge is 0.255 e. The fourth-order valence-corrected chi connectivity index (χ4v) is 4.84. The largest absolute Gasteiger partial charge is 0.493 e. The van der Waals surface area contributed by atoms with Gasteiger partial charge >= 0.3 is 0 Å². The van der Waals surface area contributed by atoms with E-state index in [4.69, 9.17) is 14.5 Å². The first-order valence-electron chi connectivity index (χ1n) is 12.4. The van der Waals surface area contributed by atoms with E-state index in [1.807, 2.05) is 37.4 Å². The number of anilines is 1. The number of ether oxygens (including phenoxy) is 2. The van der Waals surface area contributed by atoms with Crippen LogP contribution in [0, 0.1) is 12.8 Å². The number of carbonyl (C=O) groups excluding carboxylic acids is 1. The van der Waals surface area contributed by atoms with Crippen molar-refractivity contribution >= 4 is 22.5 Å². The van der Waals surface area contributed by atoms with E-state index in [1.165, 1.54) is 31.2 Å². The lowest BCUT2D eigenvalue weighted by Gasteiger charge is -2.14. The summed E-state index contributed by atoms with van der Waals surface area (Å²) in [5.41, 5.74) is 4.46. The molecular weight excluding hydrogens is 426 g/mol. The van der Waals surface area contributed by atoms with Gasteiger partial charge < -0.3 is 20.1 Å². The molecule has 0 spiro atoms. The van der Waals surface area contributed by atoms with Crippen molar-refractivity contribution in [2.45, 2.75) is 51.6 Å². The van der Waals surface area contributed by atoms with Crippen LogP contribution in [-0.4, -0.2) is 36.8 Å². The molecule has 6 heteroatoms. The summed E-state index contributed by atoms with van der Waals surface area (Å²) in [6, 6.07) is 14.1. The fraction of sp³-hybridized carbons (Fsp3) is 0.429. The Morgan fingerprint density at radius 2 is 1.94 bits per heavy atom. The Labute approximate surface area is 201 Å². The minimum atomic E-state index is -0.143. The molecule has 6 nitrogen and oxygen atoms in total. The zero-order chi connectivity index (χ0) is 23.3. The number of hydrogen-bond acceptors (Lipinski definition) is 5. The molecule has 1 aromatic heterocycles. The van der Waals surface area contributed by atoms with Gasteiger partial charge in [-0.15, -0.1) is 0 Å². The van der Waals surface area contributed by atoms with Crippen molar-refractivity contribution in [3.05, 3.63) is 65.4 Å². The van der Waals surface area contributed by atoms with E-state index in [0.29, 0.717) is 24.1 Å². The van der Waals surface area contributed by atoms with Crippen molar-refractivity contribution in [2.75, 3.05) is 25.1 Å². The van der Waals surface area contributed by atoms with E-state index in [9.17, 15) is 4.79 Å². The summed E-state index contributed by atoms with van der Waals surface area (Å²) in [6.07, 6.45) is 8.19.